The maximum Gasteiger partial charge on any atom is 0.272 e. The summed E-state index contributed by atoms with van der Waals surface area (Å²) in [6.07, 6.45) is 5.49. The summed E-state index contributed by atoms with van der Waals surface area (Å²) in [5, 5.41) is 10.7. The lowest BCUT2D eigenvalue weighted by molar-refractivity contribution is -0.385. The fraction of sp³-hybridized carbons (Fsp3) is 0.333. The van der Waals surface area contributed by atoms with E-state index in [9.17, 15) is 14.5 Å². The molecule has 0 fully saturated rings. The lowest BCUT2D eigenvalue weighted by Gasteiger charge is -2.06. The van der Waals surface area contributed by atoms with Gasteiger partial charge in [-0.3, -0.25) is 10.1 Å². The Morgan fingerprint density at radius 1 is 1.38 bits per heavy atom. The molecule has 6 heteroatoms. The Morgan fingerprint density at radius 3 is 2.81 bits per heavy atom. The SMILES string of the molecule is CCC(N)Cc1ccn(Cc2cc(F)cc([N+](=O)[O-])c2)c1. The third-order valence-corrected chi connectivity index (χ3v) is 3.35. The van der Waals surface area contributed by atoms with E-state index in [2.05, 4.69) is 0 Å². The van der Waals surface area contributed by atoms with Crippen molar-refractivity contribution >= 4 is 5.69 Å². The summed E-state index contributed by atoms with van der Waals surface area (Å²) in [6.45, 7) is 2.42. The van der Waals surface area contributed by atoms with Crippen LogP contribution in [0.15, 0.2) is 36.7 Å². The van der Waals surface area contributed by atoms with E-state index in [1.54, 1.807) is 0 Å². The van der Waals surface area contributed by atoms with Gasteiger partial charge in [0.2, 0.25) is 0 Å². The van der Waals surface area contributed by atoms with Gasteiger partial charge < -0.3 is 10.3 Å². The van der Waals surface area contributed by atoms with Crippen molar-refractivity contribution in [1.82, 2.24) is 4.57 Å². The molecule has 2 aromatic rings. The van der Waals surface area contributed by atoms with Gasteiger partial charge in [-0.25, -0.2) is 4.39 Å². The fourth-order valence-corrected chi connectivity index (χ4v) is 2.20. The van der Waals surface area contributed by atoms with E-state index in [1.807, 2.05) is 30.0 Å². The van der Waals surface area contributed by atoms with Crippen molar-refractivity contribution in [1.29, 1.82) is 0 Å². The predicted octanol–water partition coefficient (Wildman–Crippen LogP) is 2.86. The lowest BCUT2D eigenvalue weighted by Crippen LogP contribution is -2.21. The Labute approximate surface area is 122 Å². The van der Waals surface area contributed by atoms with Crippen molar-refractivity contribution < 1.29 is 9.31 Å². The van der Waals surface area contributed by atoms with Crippen LogP contribution in [0.25, 0.3) is 0 Å². The zero-order valence-corrected chi connectivity index (χ0v) is 11.8. The molecule has 1 heterocycles. The van der Waals surface area contributed by atoms with E-state index in [1.165, 1.54) is 12.1 Å². The highest BCUT2D eigenvalue weighted by Gasteiger charge is 2.10. The van der Waals surface area contributed by atoms with Gasteiger partial charge in [0.05, 0.1) is 11.0 Å². The molecular weight excluding hydrogens is 273 g/mol. The van der Waals surface area contributed by atoms with Gasteiger partial charge in [0.15, 0.2) is 0 Å². The van der Waals surface area contributed by atoms with Crippen LogP contribution in [0.4, 0.5) is 10.1 Å². The standard InChI is InChI=1S/C15H18FN3O2/c1-2-14(17)6-11-3-4-18(9-11)10-12-5-13(16)8-15(7-12)19(20)21/h3-5,7-9,14H,2,6,10,17H2,1H3. The molecule has 1 aromatic heterocycles. The number of hydrogen-bond acceptors (Lipinski definition) is 3. The molecule has 0 amide bonds. The number of nitrogens with two attached hydrogens (primary N) is 1. The average Bonchev–Trinajstić information content (AvgIpc) is 2.85. The second kappa shape index (κ2) is 6.49. The first-order valence-corrected chi connectivity index (χ1v) is 6.82. The van der Waals surface area contributed by atoms with Crippen LogP contribution < -0.4 is 5.73 Å². The van der Waals surface area contributed by atoms with Crippen molar-refractivity contribution in [2.75, 3.05) is 0 Å². The van der Waals surface area contributed by atoms with Gasteiger partial charge >= 0.3 is 0 Å². The van der Waals surface area contributed by atoms with Crippen LogP contribution in [-0.4, -0.2) is 15.5 Å². The van der Waals surface area contributed by atoms with Gasteiger partial charge in [0.25, 0.3) is 5.69 Å². The Bertz CT molecular complexity index is 640. The number of nitrogens with zero attached hydrogens (tertiary/aromatic N) is 2. The topological polar surface area (TPSA) is 74.1 Å². The summed E-state index contributed by atoms with van der Waals surface area (Å²) in [4.78, 5) is 10.1. The summed E-state index contributed by atoms with van der Waals surface area (Å²) in [5.74, 6) is -0.598. The first-order valence-electron chi connectivity index (χ1n) is 6.82. The molecule has 1 unspecified atom stereocenters. The Kier molecular flexibility index (Phi) is 4.70. The van der Waals surface area contributed by atoms with Crippen LogP contribution in [0.2, 0.25) is 0 Å². The molecule has 2 N–H and O–H groups in total. The number of non-ortho nitro benzene ring substituents is 1. The predicted molar refractivity (Wildman–Crippen MR) is 78.6 cm³/mol. The zero-order valence-electron chi connectivity index (χ0n) is 11.8. The molecular formula is C15H18FN3O2. The van der Waals surface area contributed by atoms with Gasteiger partial charge in [-0.1, -0.05) is 6.92 Å². The van der Waals surface area contributed by atoms with Crippen molar-refractivity contribution in [2.24, 2.45) is 5.73 Å². The molecule has 0 radical (unpaired) electrons. The molecule has 112 valence electrons. The molecule has 5 nitrogen and oxygen atoms in total. The zero-order chi connectivity index (χ0) is 15.4. The highest BCUT2D eigenvalue weighted by molar-refractivity contribution is 5.35. The summed E-state index contributed by atoms with van der Waals surface area (Å²) in [7, 11) is 0. The van der Waals surface area contributed by atoms with Crippen LogP contribution in [0, 0.1) is 15.9 Å². The summed E-state index contributed by atoms with van der Waals surface area (Å²) >= 11 is 0. The monoisotopic (exact) mass is 291 g/mol. The number of aromatic nitrogens is 1. The second-order valence-electron chi connectivity index (χ2n) is 5.14. The molecule has 0 saturated carbocycles. The molecule has 0 saturated heterocycles. The molecule has 0 aliphatic heterocycles. The van der Waals surface area contributed by atoms with Crippen LogP contribution in [-0.2, 0) is 13.0 Å². The van der Waals surface area contributed by atoms with E-state index in [0.717, 1.165) is 24.5 Å². The third-order valence-electron chi connectivity index (χ3n) is 3.35. The smallest absolute Gasteiger partial charge is 0.272 e. The minimum absolute atomic E-state index is 0.121. The van der Waals surface area contributed by atoms with Crippen molar-refractivity contribution in [3.8, 4) is 0 Å². The van der Waals surface area contributed by atoms with Crippen LogP contribution in [0.5, 0.6) is 0 Å². The lowest BCUT2D eigenvalue weighted by atomic mass is 10.1. The van der Waals surface area contributed by atoms with Crippen LogP contribution in [0.1, 0.15) is 24.5 Å². The van der Waals surface area contributed by atoms with Gasteiger partial charge in [0.1, 0.15) is 5.82 Å². The van der Waals surface area contributed by atoms with E-state index in [4.69, 9.17) is 5.73 Å². The molecule has 0 bridgehead atoms. The Hall–Kier alpha value is -2.21. The molecule has 2 rings (SSSR count). The first kappa shape index (κ1) is 15.2. The van der Waals surface area contributed by atoms with Crippen molar-refractivity contribution in [2.45, 2.75) is 32.4 Å². The number of rotatable bonds is 6. The summed E-state index contributed by atoms with van der Waals surface area (Å²) in [6, 6.07) is 5.70. The minimum Gasteiger partial charge on any atom is -0.350 e. The molecule has 0 spiro atoms. The number of halogens is 1. The summed E-state index contributed by atoms with van der Waals surface area (Å²) < 4.78 is 15.3. The van der Waals surface area contributed by atoms with Crippen LogP contribution in [0.3, 0.4) is 0 Å². The number of nitro benzene ring substituents is 1. The number of hydrogen-bond donors (Lipinski definition) is 1. The average molecular weight is 291 g/mol. The quantitative estimate of drug-likeness (QED) is 0.657. The Balaban J connectivity index is 2.13. The van der Waals surface area contributed by atoms with Gasteiger partial charge in [0, 0.05) is 31.0 Å². The first-order chi connectivity index (χ1) is 9.97. The van der Waals surface area contributed by atoms with Gasteiger partial charge in [-0.05, 0) is 36.1 Å². The molecule has 0 aliphatic carbocycles. The molecule has 21 heavy (non-hydrogen) atoms. The maximum absolute atomic E-state index is 13.4. The minimum atomic E-state index is -0.598. The highest BCUT2D eigenvalue weighted by Crippen LogP contribution is 2.17. The van der Waals surface area contributed by atoms with Crippen molar-refractivity contribution in [3.05, 3.63) is 63.7 Å². The molecule has 0 aliphatic rings. The van der Waals surface area contributed by atoms with Crippen molar-refractivity contribution in [3.63, 3.8) is 0 Å². The molecule has 1 aromatic carbocycles. The van der Waals surface area contributed by atoms with E-state index in [-0.39, 0.29) is 11.7 Å². The largest absolute Gasteiger partial charge is 0.350 e. The van der Waals surface area contributed by atoms with E-state index < -0.39 is 10.7 Å². The second-order valence-corrected chi connectivity index (χ2v) is 5.14. The Morgan fingerprint density at radius 2 is 2.14 bits per heavy atom. The number of benzene rings is 1. The summed E-state index contributed by atoms with van der Waals surface area (Å²) in [5.41, 5.74) is 7.34. The van der Waals surface area contributed by atoms with E-state index in [0.29, 0.717) is 12.1 Å². The van der Waals surface area contributed by atoms with Gasteiger partial charge in [-0.15, -0.1) is 0 Å². The third kappa shape index (κ3) is 4.13. The highest BCUT2D eigenvalue weighted by atomic mass is 19.1. The number of nitro groups is 1. The maximum atomic E-state index is 13.4. The molecule has 1 atom stereocenters. The van der Waals surface area contributed by atoms with E-state index >= 15 is 0 Å². The fourth-order valence-electron chi connectivity index (χ4n) is 2.20. The van der Waals surface area contributed by atoms with Crippen LogP contribution >= 0.6 is 0 Å². The normalized spacial score (nSPS) is 12.3. The van der Waals surface area contributed by atoms with Gasteiger partial charge in [-0.2, -0.15) is 0 Å².